The standard InChI is InChI=1S/C26H34N6O6/c1-15(29-24(36)38-25(2,3)4)21(33)31(5)18(11-16-8-9-16)22(34)32-14-26(12-17(32)13-27)23(35)30-20-19(37-26)7-6-10-28-20/h6-7,10,15-18H,8-9,11-12,14H2,1-5H3,(H,29,36)(H,28,30,35)/t15-,17-,18-,26+/m0/s1. The highest BCUT2D eigenvalue weighted by Gasteiger charge is 2.56. The number of nitriles is 1. The number of carbonyl (C=O) groups is 4. The molecule has 4 atom stereocenters. The first-order valence-corrected chi connectivity index (χ1v) is 12.8. The number of amides is 4. The molecule has 1 aromatic rings. The molecule has 1 saturated carbocycles. The van der Waals surface area contributed by atoms with Crippen molar-refractivity contribution in [1.29, 1.82) is 5.26 Å². The van der Waals surface area contributed by atoms with E-state index >= 15 is 0 Å². The number of nitrogens with one attached hydrogen (secondary N) is 2. The zero-order valence-corrected chi connectivity index (χ0v) is 22.3. The number of likely N-dealkylation sites (N-methyl/N-ethyl adjacent to an activating group) is 1. The minimum Gasteiger partial charge on any atom is -0.472 e. The normalized spacial score (nSPS) is 23.8. The van der Waals surface area contributed by atoms with Crippen LogP contribution in [0.4, 0.5) is 10.6 Å². The molecule has 204 valence electrons. The van der Waals surface area contributed by atoms with Crippen LogP contribution in [0.2, 0.25) is 0 Å². The van der Waals surface area contributed by atoms with E-state index in [4.69, 9.17) is 9.47 Å². The zero-order chi connectivity index (χ0) is 27.8. The van der Waals surface area contributed by atoms with Gasteiger partial charge in [0.1, 0.15) is 23.7 Å². The van der Waals surface area contributed by atoms with Gasteiger partial charge in [0, 0.05) is 19.7 Å². The van der Waals surface area contributed by atoms with Gasteiger partial charge in [0.2, 0.25) is 17.4 Å². The Morgan fingerprint density at radius 1 is 1.39 bits per heavy atom. The molecule has 1 aromatic heterocycles. The van der Waals surface area contributed by atoms with Gasteiger partial charge in [-0.15, -0.1) is 0 Å². The molecule has 1 saturated heterocycles. The Kier molecular flexibility index (Phi) is 7.23. The molecule has 4 amide bonds. The summed E-state index contributed by atoms with van der Waals surface area (Å²) >= 11 is 0. The lowest BCUT2D eigenvalue weighted by Crippen LogP contribution is -2.57. The molecular weight excluding hydrogens is 492 g/mol. The number of carbonyl (C=O) groups excluding carboxylic acids is 4. The first-order valence-electron chi connectivity index (χ1n) is 12.8. The van der Waals surface area contributed by atoms with Crippen molar-refractivity contribution in [3.8, 4) is 11.8 Å². The van der Waals surface area contributed by atoms with Crippen LogP contribution in [0.3, 0.4) is 0 Å². The SMILES string of the molecule is C[C@H](NC(=O)OC(C)(C)C)C(=O)N(C)[C@@H](CC1CC1)C(=O)N1C[C@@]2(C[C@H]1C#N)Oc1cccnc1NC2=O. The molecule has 2 fully saturated rings. The summed E-state index contributed by atoms with van der Waals surface area (Å²) in [6, 6.07) is 2.72. The van der Waals surface area contributed by atoms with Crippen molar-refractivity contribution < 1.29 is 28.7 Å². The second-order valence-electron chi connectivity index (χ2n) is 11.2. The summed E-state index contributed by atoms with van der Waals surface area (Å²) in [6.45, 7) is 6.54. The molecule has 0 radical (unpaired) electrons. The van der Waals surface area contributed by atoms with Crippen molar-refractivity contribution in [1.82, 2.24) is 20.1 Å². The van der Waals surface area contributed by atoms with Crippen molar-refractivity contribution in [2.75, 3.05) is 18.9 Å². The molecule has 0 aromatic carbocycles. The number of likely N-dealkylation sites (tertiary alicyclic amines) is 1. The summed E-state index contributed by atoms with van der Waals surface area (Å²) in [5.74, 6) is -0.458. The maximum atomic E-state index is 13.9. The van der Waals surface area contributed by atoms with E-state index in [-0.39, 0.29) is 24.7 Å². The first kappa shape index (κ1) is 27.2. The topological polar surface area (TPSA) is 154 Å². The van der Waals surface area contributed by atoms with Crippen molar-refractivity contribution in [2.45, 2.75) is 82.7 Å². The molecule has 12 nitrogen and oxygen atoms in total. The fraction of sp³-hybridized carbons (Fsp3) is 0.615. The van der Waals surface area contributed by atoms with Crippen molar-refractivity contribution in [2.24, 2.45) is 5.92 Å². The van der Waals surface area contributed by atoms with E-state index in [9.17, 15) is 24.4 Å². The van der Waals surface area contributed by atoms with Gasteiger partial charge >= 0.3 is 6.09 Å². The predicted molar refractivity (Wildman–Crippen MR) is 135 cm³/mol. The van der Waals surface area contributed by atoms with Gasteiger partial charge in [-0.1, -0.05) is 12.8 Å². The van der Waals surface area contributed by atoms with Crippen molar-refractivity contribution >= 4 is 29.6 Å². The molecule has 3 heterocycles. The summed E-state index contributed by atoms with van der Waals surface area (Å²) in [5.41, 5.74) is -2.17. The highest BCUT2D eigenvalue weighted by atomic mass is 16.6. The summed E-state index contributed by atoms with van der Waals surface area (Å²) in [5, 5.41) is 15.1. The summed E-state index contributed by atoms with van der Waals surface area (Å²) in [6.07, 6.45) is 3.08. The monoisotopic (exact) mass is 526 g/mol. The molecule has 3 aliphatic rings. The third-order valence-electron chi connectivity index (χ3n) is 6.94. The van der Waals surface area contributed by atoms with Gasteiger partial charge in [-0.3, -0.25) is 14.4 Å². The number of aromatic nitrogens is 1. The lowest BCUT2D eigenvalue weighted by atomic mass is 9.97. The van der Waals surface area contributed by atoms with Crippen LogP contribution in [0.5, 0.6) is 5.75 Å². The van der Waals surface area contributed by atoms with Crippen molar-refractivity contribution in [3.05, 3.63) is 18.3 Å². The Labute approximate surface area is 221 Å². The van der Waals surface area contributed by atoms with Gasteiger partial charge in [-0.05, 0) is 52.2 Å². The van der Waals surface area contributed by atoms with Crippen LogP contribution in [-0.4, -0.2) is 81.5 Å². The largest absolute Gasteiger partial charge is 0.472 e. The third-order valence-corrected chi connectivity index (χ3v) is 6.94. The molecule has 2 N–H and O–H groups in total. The average molecular weight is 527 g/mol. The minimum absolute atomic E-state index is 0.0141. The van der Waals surface area contributed by atoms with E-state index in [1.54, 1.807) is 32.9 Å². The van der Waals surface area contributed by atoms with Crippen LogP contribution >= 0.6 is 0 Å². The molecule has 12 heteroatoms. The zero-order valence-electron chi connectivity index (χ0n) is 22.3. The van der Waals surface area contributed by atoms with Crippen LogP contribution in [0.1, 0.15) is 53.4 Å². The number of nitrogens with zero attached hydrogens (tertiary/aromatic N) is 4. The fourth-order valence-electron chi connectivity index (χ4n) is 4.79. The quantitative estimate of drug-likeness (QED) is 0.569. The summed E-state index contributed by atoms with van der Waals surface area (Å²) in [7, 11) is 1.51. The average Bonchev–Trinajstić information content (AvgIpc) is 3.59. The molecule has 38 heavy (non-hydrogen) atoms. The van der Waals surface area contributed by atoms with Crippen LogP contribution in [0.25, 0.3) is 0 Å². The van der Waals surface area contributed by atoms with Gasteiger partial charge in [0.25, 0.3) is 5.91 Å². The van der Waals surface area contributed by atoms with Gasteiger partial charge in [0.05, 0.1) is 12.6 Å². The van der Waals surface area contributed by atoms with Crippen LogP contribution in [0.15, 0.2) is 18.3 Å². The Hall–Kier alpha value is -3.88. The van der Waals surface area contributed by atoms with E-state index in [0.29, 0.717) is 12.2 Å². The number of alkyl carbamates (subject to hydrolysis) is 1. The molecule has 0 unspecified atom stereocenters. The molecule has 2 aliphatic heterocycles. The summed E-state index contributed by atoms with van der Waals surface area (Å²) < 4.78 is 11.3. The Morgan fingerprint density at radius 2 is 2.11 bits per heavy atom. The number of anilines is 1. The minimum atomic E-state index is -1.44. The lowest BCUT2D eigenvalue weighted by molar-refractivity contribution is -0.146. The van der Waals surface area contributed by atoms with E-state index in [1.807, 2.05) is 0 Å². The van der Waals surface area contributed by atoms with E-state index < -0.39 is 53.1 Å². The van der Waals surface area contributed by atoms with E-state index in [2.05, 4.69) is 21.7 Å². The van der Waals surface area contributed by atoms with Gasteiger partial charge in [-0.25, -0.2) is 9.78 Å². The number of hydrogen-bond acceptors (Lipinski definition) is 8. The second-order valence-corrected chi connectivity index (χ2v) is 11.2. The smallest absolute Gasteiger partial charge is 0.408 e. The van der Waals surface area contributed by atoms with Crippen LogP contribution < -0.4 is 15.4 Å². The van der Waals surface area contributed by atoms with Crippen LogP contribution in [0, 0.1) is 17.2 Å². The van der Waals surface area contributed by atoms with Gasteiger partial charge in [0.15, 0.2) is 11.6 Å². The Bertz CT molecular complexity index is 1170. The molecule has 1 aliphatic carbocycles. The number of hydrogen-bond donors (Lipinski definition) is 2. The molecule has 0 bridgehead atoms. The van der Waals surface area contributed by atoms with Gasteiger partial charge in [-0.2, -0.15) is 5.26 Å². The second kappa shape index (κ2) is 10.1. The third kappa shape index (κ3) is 5.66. The molecular formula is C26H34N6O6. The van der Waals surface area contributed by atoms with Crippen molar-refractivity contribution in [3.63, 3.8) is 0 Å². The van der Waals surface area contributed by atoms with E-state index in [0.717, 1.165) is 12.8 Å². The number of rotatable bonds is 6. The van der Waals surface area contributed by atoms with Crippen LogP contribution in [-0.2, 0) is 19.1 Å². The Balaban J connectivity index is 1.52. The maximum absolute atomic E-state index is 13.9. The highest BCUT2D eigenvalue weighted by Crippen LogP contribution is 2.40. The number of pyridine rings is 1. The molecule has 4 rings (SSSR count). The maximum Gasteiger partial charge on any atom is 0.408 e. The van der Waals surface area contributed by atoms with Gasteiger partial charge < -0.3 is 29.9 Å². The fourth-order valence-corrected chi connectivity index (χ4v) is 4.79. The first-order chi connectivity index (χ1) is 17.8. The number of ether oxygens (including phenoxy) is 2. The number of fused-ring (bicyclic) bond motifs is 1. The highest BCUT2D eigenvalue weighted by molar-refractivity contribution is 6.01. The van der Waals surface area contributed by atoms with E-state index in [1.165, 1.54) is 30.0 Å². The predicted octanol–water partition coefficient (Wildman–Crippen LogP) is 1.82. The summed E-state index contributed by atoms with van der Waals surface area (Å²) in [4.78, 5) is 59.2. The Morgan fingerprint density at radius 3 is 2.74 bits per heavy atom. The lowest BCUT2D eigenvalue weighted by Gasteiger charge is -2.35. The molecule has 1 spiro atoms.